The van der Waals surface area contributed by atoms with Gasteiger partial charge < -0.3 is 14.7 Å². The van der Waals surface area contributed by atoms with Crippen LogP contribution in [0.2, 0.25) is 0 Å². The summed E-state index contributed by atoms with van der Waals surface area (Å²) in [6.07, 6.45) is 0. The normalized spacial score (nSPS) is 7.38. The molecule has 0 bridgehead atoms. The van der Waals surface area contributed by atoms with Crippen LogP contribution in [0.1, 0.15) is 0 Å². The summed E-state index contributed by atoms with van der Waals surface area (Å²) in [5, 5.41) is 0. The van der Waals surface area contributed by atoms with E-state index >= 15 is 0 Å². The zero-order valence-electron chi connectivity index (χ0n) is 2.64. The Morgan fingerprint density at radius 3 is 1.12 bits per heavy atom. The Balaban J connectivity index is -0.0000000267. The van der Waals surface area contributed by atoms with E-state index in [1.54, 1.807) is 0 Å². The number of hydrogen-bond acceptors (Lipinski definition) is 1. The van der Waals surface area contributed by atoms with Gasteiger partial charge >= 0.3 is 75.1 Å². The average molecular weight is 215 g/mol. The van der Waals surface area contributed by atoms with Crippen LogP contribution < -0.4 is 0 Å². The molecule has 1 radical (unpaired) electrons. The minimum Gasteiger partial charge on any atom is 0 e. The van der Waals surface area contributed by atoms with Gasteiger partial charge in [0.1, 0.15) is 0 Å². The van der Waals surface area contributed by atoms with Crippen molar-refractivity contribution < 1.29 is 37.8 Å². The minimum absolute atomic E-state index is 0. The monoisotopic (exact) mass is 215 g/mol. The van der Waals surface area contributed by atoms with Crippen LogP contribution in [0.25, 0.3) is 0 Å². The van der Waals surface area contributed by atoms with Crippen molar-refractivity contribution in [1.29, 1.82) is 0 Å². The molecule has 0 heterocycles. The van der Waals surface area contributed by atoms with Crippen molar-refractivity contribution in [3.8, 4) is 0 Å². The standard InChI is InChI=1S/Ca.Na.H3O4P.V.3H/c;;1-5(2,3)4;;;;/h;;(H3,1,2,3,4);;;;. The smallest absolute Gasteiger partial charge is 0 e. The van der Waals surface area contributed by atoms with Crippen molar-refractivity contribution in [2.24, 2.45) is 0 Å². The summed E-state index contributed by atoms with van der Waals surface area (Å²) in [5.74, 6) is 0. The van der Waals surface area contributed by atoms with Crippen LogP contribution in [-0.4, -0.2) is 82.0 Å². The third-order valence-corrected chi connectivity index (χ3v) is 0. The van der Waals surface area contributed by atoms with E-state index in [4.69, 9.17) is 19.2 Å². The van der Waals surface area contributed by atoms with Crippen LogP contribution in [0, 0.1) is 0 Å². The maximum Gasteiger partial charge on any atom is 0 e. The van der Waals surface area contributed by atoms with Crippen LogP contribution >= 0.6 is 7.82 Å². The molecule has 0 aliphatic heterocycles. The molecule has 8 heavy (non-hydrogen) atoms. The Morgan fingerprint density at radius 2 is 1.12 bits per heavy atom. The van der Waals surface area contributed by atoms with E-state index in [1.165, 1.54) is 0 Å². The third-order valence-electron chi connectivity index (χ3n) is 0. The fourth-order valence-corrected chi connectivity index (χ4v) is 0. The fraction of sp³-hybridized carbons (Fsp3) is 0. The molecule has 0 aliphatic carbocycles. The molecule has 0 aromatic rings. The first-order valence-corrected chi connectivity index (χ1v) is 2.35. The maximum atomic E-state index is 8.88. The van der Waals surface area contributed by atoms with Crippen molar-refractivity contribution in [3.63, 3.8) is 0 Å². The van der Waals surface area contributed by atoms with Gasteiger partial charge in [0.05, 0.1) is 0 Å². The Bertz CT molecular complexity index is 62.2. The minimum atomic E-state index is -4.64. The molecule has 4 nitrogen and oxygen atoms in total. The number of rotatable bonds is 0. The van der Waals surface area contributed by atoms with E-state index < -0.39 is 7.82 Å². The van der Waals surface area contributed by atoms with Gasteiger partial charge in [0.2, 0.25) is 0 Å². The molecule has 0 fully saturated rings. The third kappa shape index (κ3) is 64.9. The largest absolute Gasteiger partial charge is 0 e. The topological polar surface area (TPSA) is 77.8 Å². The van der Waals surface area contributed by atoms with Gasteiger partial charge in [0, 0.05) is 18.6 Å². The zero-order chi connectivity index (χ0) is 4.50. The van der Waals surface area contributed by atoms with Gasteiger partial charge in [-0.15, -0.1) is 0 Å². The van der Waals surface area contributed by atoms with E-state index in [0.29, 0.717) is 0 Å². The summed E-state index contributed by atoms with van der Waals surface area (Å²) in [6.45, 7) is 0. The molecule has 0 aromatic carbocycles. The van der Waals surface area contributed by atoms with Crippen molar-refractivity contribution in [2.75, 3.05) is 0 Å². The maximum absolute atomic E-state index is 8.88. The van der Waals surface area contributed by atoms with E-state index in [0.717, 1.165) is 0 Å². The van der Waals surface area contributed by atoms with Crippen LogP contribution in [0.4, 0.5) is 0 Å². The van der Waals surface area contributed by atoms with Crippen LogP contribution in [0.5, 0.6) is 0 Å². The van der Waals surface area contributed by atoms with Crippen molar-refractivity contribution in [2.45, 2.75) is 0 Å². The summed E-state index contributed by atoms with van der Waals surface area (Å²) < 4.78 is 8.88. The second-order valence-corrected chi connectivity index (χ2v) is 1.54. The SMILES string of the molecule is O=P(O)(O)O.[CaH2].[NaH].[V]. The van der Waals surface area contributed by atoms with Gasteiger partial charge in [-0.2, -0.15) is 0 Å². The Kier molecular flexibility index (Phi) is 27.9. The molecule has 0 unspecified atom stereocenters. The number of phosphoric acid groups is 1. The summed E-state index contributed by atoms with van der Waals surface area (Å²) in [5.41, 5.74) is 0. The van der Waals surface area contributed by atoms with E-state index in [2.05, 4.69) is 0 Å². The van der Waals surface area contributed by atoms with Gasteiger partial charge in [-0.05, 0) is 0 Å². The van der Waals surface area contributed by atoms with Gasteiger partial charge in [-0.3, -0.25) is 0 Å². The predicted molar refractivity (Wildman–Crippen MR) is 30.0 cm³/mol. The molecular weight excluding hydrogens is 209 g/mol. The Morgan fingerprint density at radius 1 is 1.12 bits per heavy atom. The summed E-state index contributed by atoms with van der Waals surface area (Å²) >= 11 is 0. The second-order valence-electron chi connectivity index (χ2n) is 0.513. The first kappa shape index (κ1) is 22.4. The average Bonchev–Trinajstić information content (AvgIpc) is 0.722. The first-order chi connectivity index (χ1) is 2.00. The van der Waals surface area contributed by atoms with Crippen LogP contribution in [0.3, 0.4) is 0 Å². The molecule has 3 N–H and O–H groups in total. The molecule has 43 valence electrons. The van der Waals surface area contributed by atoms with E-state index in [-0.39, 0.29) is 85.9 Å². The molecule has 0 atom stereocenters. The zero-order valence-corrected chi connectivity index (χ0v) is 4.94. The molecule has 0 spiro atoms. The van der Waals surface area contributed by atoms with Crippen molar-refractivity contribution in [3.05, 3.63) is 0 Å². The Labute approximate surface area is 111 Å². The first-order valence-electron chi connectivity index (χ1n) is 0.783. The molecule has 8 heteroatoms. The predicted octanol–water partition coefficient (Wildman–Crippen LogP) is -2.50. The quantitative estimate of drug-likeness (QED) is 0.308. The molecule has 0 aromatic heterocycles. The molecule has 0 amide bonds. The molecule has 0 rings (SSSR count). The van der Waals surface area contributed by atoms with Crippen LogP contribution in [-0.2, 0) is 23.1 Å². The van der Waals surface area contributed by atoms with E-state index in [9.17, 15) is 0 Å². The second kappa shape index (κ2) is 9.95. The molecule has 0 saturated heterocycles. The van der Waals surface area contributed by atoms with Gasteiger partial charge in [-0.25, -0.2) is 4.57 Å². The van der Waals surface area contributed by atoms with E-state index in [1.807, 2.05) is 0 Å². The fourth-order valence-electron chi connectivity index (χ4n) is 0. The van der Waals surface area contributed by atoms with Gasteiger partial charge in [0.15, 0.2) is 0 Å². The molecule has 0 aliphatic rings. The molecule has 0 saturated carbocycles. The Hall–Kier alpha value is 2.95. The summed E-state index contributed by atoms with van der Waals surface area (Å²) in [4.78, 5) is 21.6. The van der Waals surface area contributed by atoms with Crippen molar-refractivity contribution >= 4 is 75.1 Å². The molecular formula is H6CaNaO4PV. The van der Waals surface area contributed by atoms with Gasteiger partial charge in [-0.1, -0.05) is 0 Å². The van der Waals surface area contributed by atoms with Crippen molar-refractivity contribution in [1.82, 2.24) is 0 Å². The summed E-state index contributed by atoms with van der Waals surface area (Å²) in [6, 6.07) is 0. The number of hydrogen-bond donors (Lipinski definition) is 3. The summed E-state index contributed by atoms with van der Waals surface area (Å²) in [7, 11) is -4.64. The van der Waals surface area contributed by atoms with Gasteiger partial charge in [0.25, 0.3) is 0 Å². The van der Waals surface area contributed by atoms with Crippen LogP contribution in [0.15, 0.2) is 0 Å².